The predicted octanol–water partition coefficient (Wildman–Crippen LogP) is 3.26. The van der Waals surface area contributed by atoms with Crippen molar-refractivity contribution in [3.8, 4) is 0 Å². The monoisotopic (exact) mass is 342 g/mol. The first-order chi connectivity index (χ1) is 9.63. The Balaban J connectivity index is 1.91. The van der Waals surface area contributed by atoms with Gasteiger partial charge in [0, 0.05) is 25.8 Å². The predicted molar refractivity (Wildman–Crippen MR) is 80.6 cm³/mol. The molecule has 1 heterocycles. The zero-order valence-electron chi connectivity index (χ0n) is 11.5. The van der Waals surface area contributed by atoms with Crippen molar-refractivity contribution in [3.63, 3.8) is 0 Å². The van der Waals surface area contributed by atoms with Crippen LogP contribution in [0.1, 0.15) is 25.3 Å². The molecule has 110 valence electrons. The van der Waals surface area contributed by atoms with Crippen molar-refractivity contribution in [2.45, 2.75) is 32.4 Å². The van der Waals surface area contributed by atoms with Gasteiger partial charge in [-0.1, -0.05) is 19.1 Å². The van der Waals surface area contributed by atoms with Crippen LogP contribution in [-0.2, 0) is 11.3 Å². The molecular formula is C14H19BrN2O3. The van der Waals surface area contributed by atoms with E-state index in [2.05, 4.69) is 28.2 Å². The molecule has 1 fully saturated rings. The van der Waals surface area contributed by atoms with E-state index in [-0.39, 0.29) is 10.6 Å². The molecule has 5 nitrogen and oxygen atoms in total. The van der Waals surface area contributed by atoms with Crippen molar-refractivity contribution >= 4 is 21.6 Å². The van der Waals surface area contributed by atoms with Gasteiger partial charge >= 0.3 is 0 Å². The van der Waals surface area contributed by atoms with Crippen LogP contribution >= 0.6 is 15.9 Å². The SMILES string of the molecule is CCC1OCCC1CNCc1cccc([N+](=O)[O-])c1Br. The molecule has 1 aliphatic heterocycles. The van der Waals surface area contributed by atoms with Gasteiger partial charge in [-0.3, -0.25) is 10.1 Å². The van der Waals surface area contributed by atoms with Gasteiger partial charge in [-0.25, -0.2) is 0 Å². The zero-order valence-corrected chi connectivity index (χ0v) is 13.1. The summed E-state index contributed by atoms with van der Waals surface area (Å²) < 4.78 is 6.22. The van der Waals surface area contributed by atoms with Crippen LogP contribution in [0, 0.1) is 16.0 Å². The number of nitrogens with zero attached hydrogens (tertiary/aromatic N) is 1. The second-order valence-electron chi connectivity index (χ2n) is 5.00. The van der Waals surface area contributed by atoms with Gasteiger partial charge in [-0.2, -0.15) is 0 Å². The third-order valence-electron chi connectivity index (χ3n) is 3.73. The lowest BCUT2D eigenvalue weighted by Crippen LogP contribution is -2.28. The molecule has 2 unspecified atom stereocenters. The Bertz CT molecular complexity index is 481. The van der Waals surface area contributed by atoms with Crippen LogP contribution in [0.4, 0.5) is 5.69 Å². The maximum absolute atomic E-state index is 10.9. The first-order valence-corrected chi connectivity index (χ1v) is 7.66. The van der Waals surface area contributed by atoms with Gasteiger partial charge in [0.05, 0.1) is 15.5 Å². The Kier molecular flexibility index (Phi) is 5.51. The van der Waals surface area contributed by atoms with Crippen LogP contribution in [0.2, 0.25) is 0 Å². The van der Waals surface area contributed by atoms with Crippen LogP contribution < -0.4 is 5.32 Å². The number of halogens is 1. The van der Waals surface area contributed by atoms with Crippen LogP contribution in [0.25, 0.3) is 0 Å². The number of ether oxygens (including phenoxy) is 1. The standard InChI is InChI=1S/C14H19BrN2O3/c1-2-13-10(6-7-20-13)8-16-9-11-4-3-5-12(14(11)15)17(18)19/h3-5,10,13,16H,2,6-9H2,1H3. The fraction of sp³-hybridized carbons (Fsp3) is 0.571. The zero-order chi connectivity index (χ0) is 14.5. The van der Waals surface area contributed by atoms with E-state index in [1.165, 1.54) is 6.07 Å². The molecule has 0 bridgehead atoms. The van der Waals surface area contributed by atoms with Crippen molar-refractivity contribution < 1.29 is 9.66 Å². The van der Waals surface area contributed by atoms with Gasteiger partial charge in [0.2, 0.25) is 0 Å². The van der Waals surface area contributed by atoms with Crippen LogP contribution in [0.15, 0.2) is 22.7 Å². The van der Waals surface area contributed by atoms with Gasteiger partial charge in [-0.15, -0.1) is 0 Å². The molecule has 1 aromatic carbocycles. The molecule has 1 saturated heterocycles. The highest BCUT2D eigenvalue weighted by molar-refractivity contribution is 9.10. The molecule has 0 spiro atoms. The molecule has 0 radical (unpaired) electrons. The second kappa shape index (κ2) is 7.15. The number of nitro groups is 1. The summed E-state index contributed by atoms with van der Waals surface area (Å²) in [7, 11) is 0. The Hall–Kier alpha value is -0.980. The maximum atomic E-state index is 10.9. The summed E-state index contributed by atoms with van der Waals surface area (Å²) >= 11 is 3.31. The molecule has 0 amide bonds. The number of nitrogens with one attached hydrogen (secondary N) is 1. The quantitative estimate of drug-likeness (QED) is 0.636. The van der Waals surface area contributed by atoms with Crippen molar-refractivity contribution in [1.29, 1.82) is 0 Å². The largest absolute Gasteiger partial charge is 0.378 e. The van der Waals surface area contributed by atoms with Crippen LogP contribution in [0.3, 0.4) is 0 Å². The van der Waals surface area contributed by atoms with Crippen molar-refractivity contribution in [2.24, 2.45) is 5.92 Å². The number of benzene rings is 1. The normalized spacial score (nSPS) is 22.1. The minimum absolute atomic E-state index is 0.111. The highest BCUT2D eigenvalue weighted by atomic mass is 79.9. The average Bonchev–Trinajstić information content (AvgIpc) is 2.88. The topological polar surface area (TPSA) is 64.4 Å². The second-order valence-corrected chi connectivity index (χ2v) is 5.80. The summed E-state index contributed by atoms with van der Waals surface area (Å²) in [6.07, 6.45) is 2.46. The van der Waals surface area contributed by atoms with E-state index in [0.717, 1.165) is 31.6 Å². The molecule has 6 heteroatoms. The Morgan fingerprint density at radius 3 is 3.05 bits per heavy atom. The number of hydrogen-bond acceptors (Lipinski definition) is 4. The summed E-state index contributed by atoms with van der Waals surface area (Å²) in [5.41, 5.74) is 1.02. The highest BCUT2D eigenvalue weighted by Crippen LogP contribution is 2.28. The highest BCUT2D eigenvalue weighted by Gasteiger charge is 2.26. The third-order valence-corrected chi connectivity index (χ3v) is 4.64. The molecule has 2 atom stereocenters. The first-order valence-electron chi connectivity index (χ1n) is 6.87. The number of nitro benzene ring substituents is 1. The van der Waals surface area contributed by atoms with Crippen molar-refractivity contribution in [2.75, 3.05) is 13.2 Å². The molecule has 0 aromatic heterocycles. The molecule has 1 N–H and O–H groups in total. The summed E-state index contributed by atoms with van der Waals surface area (Å²) in [6.45, 7) is 4.48. The van der Waals surface area contributed by atoms with Gasteiger partial charge < -0.3 is 10.1 Å². The fourth-order valence-electron chi connectivity index (χ4n) is 2.61. The van der Waals surface area contributed by atoms with E-state index in [0.29, 0.717) is 23.0 Å². The van der Waals surface area contributed by atoms with Crippen LogP contribution in [-0.4, -0.2) is 24.2 Å². The Morgan fingerprint density at radius 2 is 2.35 bits per heavy atom. The van der Waals surface area contributed by atoms with Gasteiger partial charge in [0.1, 0.15) is 0 Å². The summed E-state index contributed by atoms with van der Waals surface area (Å²) in [4.78, 5) is 10.5. The van der Waals surface area contributed by atoms with Crippen molar-refractivity contribution in [1.82, 2.24) is 5.32 Å². The lowest BCUT2D eigenvalue weighted by molar-refractivity contribution is -0.385. The van der Waals surface area contributed by atoms with Gasteiger partial charge in [0.25, 0.3) is 5.69 Å². The van der Waals surface area contributed by atoms with E-state index in [9.17, 15) is 10.1 Å². The average molecular weight is 343 g/mol. The lowest BCUT2D eigenvalue weighted by atomic mass is 9.99. The molecule has 2 rings (SSSR count). The van der Waals surface area contributed by atoms with E-state index >= 15 is 0 Å². The van der Waals surface area contributed by atoms with Crippen LogP contribution in [0.5, 0.6) is 0 Å². The third kappa shape index (κ3) is 3.56. The van der Waals surface area contributed by atoms with E-state index < -0.39 is 0 Å². The minimum atomic E-state index is -0.370. The molecule has 1 aliphatic rings. The molecule has 0 aliphatic carbocycles. The molecular weight excluding hydrogens is 324 g/mol. The fourth-order valence-corrected chi connectivity index (χ4v) is 3.16. The maximum Gasteiger partial charge on any atom is 0.283 e. The number of rotatable bonds is 6. The van der Waals surface area contributed by atoms with E-state index in [4.69, 9.17) is 4.74 Å². The number of hydrogen-bond donors (Lipinski definition) is 1. The van der Waals surface area contributed by atoms with Crippen molar-refractivity contribution in [3.05, 3.63) is 38.3 Å². The van der Waals surface area contributed by atoms with E-state index in [1.54, 1.807) is 6.07 Å². The first kappa shape index (κ1) is 15.4. The smallest absolute Gasteiger partial charge is 0.283 e. The lowest BCUT2D eigenvalue weighted by Gasteiger charge is -2.17. The van der Waals surface area contributed by atoms with Gasteiger partial charge in [0.15, 0.2) is 0 Å². The van der Waals surface area contributed by atoms with E-state index in [1.807, 2.05) is 6.07 Å². The molecule has 0 saturated carbocycles. The Labute approximate surface area is 127 Å². The summed E-state index contributed by atoms with van der Waals surface area (Å²) in [6, 6.07) is 5.12. The molecule has 1 aromatic rings. The summed E-state index contributed by atoms with van der Waals surface area (Å²) in [5.74, 6) is 0.539. The Morgan fingerprint density at radius 1 is 1.55 bits per heavy atom. The molecule has 20 heavy (non-hydrogen) atoms. The van der Waals surface area contributed by atoms with Gasteiger partial charge in [-0.05, 0) is 40.3 Å². The minimum Gasteiger partial charge on any atom is -0.378 e. The summed E-state index contributed by atoms with van der Waals surface area (Å²) in [5, 5.41) is 14.3.